The largest absolute Gasteiger partial charge is 0.494 e. The Hall–Kier alpha value is -1.92. The molecule has 0 atom stereocenters. The average molecular weight is 376 g/mol. The van der Waals surface area contributed by atoms with E-state index in [1.807, 2.05) is 60.0 Å². The standard InChI is InChI=1S/C16H14BrN3OS/c1-2-21-14-9-7-13(8-10-14)20-15(18-19-16(20)22)11-3-5-12(17)6-4-11/h3-10H,2H2,1H3,(H,19,22). The third kappa shape index (κ3) is 2.98. The van der Waals surface area contributed by atoms with E-state index in [4.69, 9.17) is 17.0 Å². The molecule has 3 rings (SSSR count). The summed E-state index contributed by atoms with van der Waals surface area (Å²) in [4.78, 5) is 0. The SMILES string of the molecule is CCOc1ccc(-n2c(-c3ccc(Br)cc3)n[nH]c2=S)cc1. The van der Waals surface area contributed by atoms with Crippen LogP contribution in [0.15, 0.2) is 53.0 Å². The fourth-order valence-corrected chi connectivity index (χ4v) is 2.69. The molecule has 0 amide bonds. The summed E-state index contributed by atoms with van der Waals surface area (Å²) < 4.78 is 8.97. The number of hydrogen-bond donors (Lipinski definition) is 1. The molecule has 0 aliphatic heterocycles. The van der Waals surface area contributed by atoms with Gasteiger partial charge in [-0.3, -0.25) is 9.67 Å². The molecule has 3 aromatic rings. The molecule has 112 valence electrons. The lowest BCUT2D eigenvalue weighted by molar-refractivity contribution is 0.340. The summed E-state index contributed by atoms with van der Waals surface area (Å²) in [5, 5.41) is 7.21. The van der Waals surface area contributed by atoms with Crippen LogP contribution in [0.25, 0.3) is 17.1 Å². The minimum Gasteiger partial charge on any atom is -0.494 e. The number of aromatic nitrogens is 3. The number of halogens is 1. The van der Waals surface area contributed by atoms with Crippen molar-refractivity contribution in [2.75, 3.05) is 6.61 Å². The van der Waals surface area contributed by atoms with Crippen LogP contribution in [0.4, 0.5) is 0 Å². The van der Waals surface area contributed by atoms with E-state index < -0.39 is 0 Å². The zero-order valence-corrected chi connectivity index (χ0v) is 14.3. The van der Waals surface area contributed by atoms with Crippen LogP contribution in [-0.4, -0.2) is 21.4 Å². The van der Waals surface area contributed by atoms with Gasteiger partial charge in [-0.2, -0.15) is 5.10 Å². The number of H-pyrrole nitrogens is 1. The van der Waals surface area contributed by atoms with Crippen LogP contribution in [0.5, 0.6) is 5.75 Å². The monoisotopic (exact) mass is 375 g/mol. The van der Waals surface area contributed by atoms with E-state index in [0.717, 1.165) is 27.3 Å². The lowest BCUT2D eigenvalue weighted by Crippen LogP contribution is -1.98. The van der Waals surface area contributed by atoms with Crippen LogP contribution >= 0.6 is 28.1 Å². The summed E-state index contributed by atoms with van der Waals surface area (Å²) >= 11 is 8.81. The summed E-state index contributed by atoms with van der Waals surface area (Å²) in [7, 11) is 0. The van der Waals surface area contributed by atoms with Gasteiger partial charge in [0.25, 0.3) is 0 Å². The first kappa shape index (κ1) is 15.0. The van der Waals surface area contributed by atoms with E-state index in [2.05, 4.69) is 26.1 Å². The first-order valence-corrected chi connectivity index (χ1v) is 8.06. The Morgan fingerprint density at radius 2 is 1.82 bits per heavy atom. The van der Waals surface area contributed by atoms with Gasteiger partial charge in [-0.1, -0.05) is 28.1 Å². The molecule has 0 saturated carbocycles. The number of aromatic amines is 1. The van der Waals surface area contributed by atoms with Gasteiger partial charge in [0, 0.05) is 10.0 Å². The smallest absolute Gasteiger partial charge is 0.200 e. The summed E-state index contributed by atoms with van der Waals surface area (Å²) in [6.07, 6.45) is 0. The lowest BCUT2D eigenvalue weighted by atomic mass is 10.2. The molecular weight excluding hydrogens is 362 g/mol. The van der Waals surface area contributed by atoms with Crippen molar-refractivity contribution >= 4 is 28.1 Å². The van der Waals surface area contributed by atoms with Gasteiger partial charge in [-0.15, -0.1) is 0 Å². The molecule has 22 heavy (non-hydrogen) atoms. The quantitative estimate of drug-likeness (QED) is 0.668. The summed E-state index contributed by atoms with van der Waals surface area (Å²) in [6.45, 7) is 2.61. The molecule has 0 unspecified atom stereocenters. The highest BCUT2D eigenvalue weighted by molar-refractivity contribution is 9.10. The zero-order chi connectivity index (χ0) is 15.5. The van der Waals surface area contributed by atoms with Crippen LogP contribution in [0.1, 0.15) is 6.92 Å². The maximum Gasteiger partial charge on any atom is 0.200 e. The Morgan fingerprint density at radius 3 is 2.45 bits per heavy atom. The molecule has 0 aliphatic rings. The first-order chi connectivity index (χ1) is 10.7. The number of benzene rings is 2. The van der Waals surface area contributed by atoms with Crippen molar-refractivity contribution in [3.05, 3.63) is 57.8 Å². The Bertz CT molecular complexity index is 822. The van der Waals surface area contributed by atoms with E-state index in [-0.39, 0.29) is 0 Å². The second-order valence-electron chi connectivity index (χ2n) is 4.62. The van der Waals surface area contributed by atoms with Gasteiger partial charge in [0.05, 0.1) is 12.3 Å². The Balaban J connectivity index is 2.05. The van der Waals surface area contributed by atoms with Crippen LogP contribution in [0, 0.1) is 4.77 Å². The molecule has 0 fully saturated rings. The van der Waals surface area contributed by atoms with Crippen molar-refractivity contribution in [2.24, 2.45) is 0 Å². The van der Waals surface area contributed by atoms with Crippen LogP contribution in [-0.2, 0) is 0 Å². The molecule has 1 heterocycles. The van der Waals surface area contributed by atoms with Crippen molar-refractivity contribution in [2.45, 2.75) is 6.92 Å². The van der Waals surface area contributed by atoms with Gasteiger partial charge in [0.2, 0.25) is 0 Å². The molecule has 0 radical (unpaired) electrons. The predicted octanol–water partition coefficient (Wildman–Crippen LogP) is 4.76. The minimum absolute atomic E-state index is 0.557. The number of nitrogens with zero attached hydrogens (tertiary/aromatic N) is 2. The summed E-state index contributed by atoms with van der Waals surface area (Å²) in [5.74, 6) is 1.62. The van der Waals surface area contributed by atoms with Gasteiger partial charge in [0.1, 0.15) is 5.75 Å². The Kier molecular flexibility index (Phi) is 4.40. The second kappa shape index (κ2) is 6.46. The Labute approximate surface area is 141 Å². The molecule has 4 nitrogen and oxygen atoms in total. The van der Waals surface area contributed by atoms with Crippen molar-refractivity contribution in [1.29, 1.82) is 0 Å². The number of nitrogens with one attached hydrogen (secondary N) is 1. The highest BCUT2D eigenvalue weighted by Gasteiger charge is 2.10. The van der Waals surface area contributed by atoms with E-state index in [1.54, 1.807) is 0 Å². The molecular formula is C16H14BrN3OS. The third-order valence-electron chi connectivity index (χ3n) is 3.18. The van der Waals surface area contributed by atoms with E-state index in [9.17, 15) is 0 Å². The van der Waals surface area contributed by atoms with E-state index >= 15 is 0 Å². The first-order valence-electron chi connectivity index (χ1n) is 6.85. The van der Waals surface area contributed by atoms with Gasteiger partial charge in [-0.25, -0.2) is 0 Å². The summed E-state index contributed by atoms with van der Waals surface area (Å²) in [6, 6.07) is 15.8. The highest BCUT2D eigenvalue weighted by Crippen LogP contribution is 2.24. The lowest BCUT2D eigenvalue weighted by Gasteiger charge is -2.08. The zero-order valence-electron chi connectivity index (χ0n) is 11.9. The minimum atomic E-state index is 0.557. The topological polar surface area (TPSA) is 42.8 Å². The van der Waals surface area contributed by atoms with E-state index in [1.165, 1.54) is 0 Å². The van der Waals surface area contributed by atoms with Crippen molar-refractivity contribution in [3.8, 4) is 22.8 Å². The normalized spacial score (nSPS) is 10.6. The van der Waals surface area contributed by atoms with Crippen LogP contribution in [0.3, 0.4) is 0 Å². The van der Waals surface area contributed by atoms with Crippen LogP contribution in [0.2, 0.25) is 0 Å². The molecule has 0 spiro atoms. The maximum absolute atomic E-state index is 5.47. The number of ether oxygens (including phenoxy) is 1. The molecule has 1 aromatic heterocycles. The van der Waals surface area contributed by atoms with E-state index in [0.29, 0.717) is 11.4 Å². The molecule has 0 saturated heterocycles. The maximum atomic E-state index is 5.47. The summed E-state index contributed by atoms with van der Waals surface area (Å²) in [5.41, 5.74) is 1.93. The van der Waals surface area contributed by atoms with Crippen molar-refractivity contribution in [1.82, 2.24) is 14.8 Å². The molecule has 1 N–H and O–H groups in total. The molecule has 2 aromatic carbocycles. The van der Waals surface area contributed by atoms with Crippen LogP contribution < -0.4 is 4.74 Å². The molecule has 0 aliphatic carbocycles. The van der Waals surface area contributed by atoms with Crippen molar-refractivity contribution in [3.63, 3.8) is 0 Å². The fraction of sp³-hybridized carbons (Fsp3) is 0.125. The van der Waals surface area contributed by atoms with Gasteiger partial charge >= 0.3 is 0 Å². The highest BCUT2D eigenvalue weighted by atomic mass is 79.9. The van der Waals surface area contributed by atoms with Gasteiger partial charge in [-0.05, 0) is 55.5 Å². The predicted molar refractivity (Wildman–Crippen MR) is 93.1 cm³/mol. The molecule has 6 heteroatoms. The average Bonchev–Trinajstić information content (AvgIpc) is 2.91. The fourth-order valence-electron chi connectivity index (χ4n) is 2.19. The number of rotatable bonds is 4. The van der Waals surface area contributed by atoms with Crippen molar-refractivity contribution < 1.29 is 4.74 Å². The number of hydrogen-bond acceptors (Lipinski definition) is 3. The molecule has 0 bridgehead atoms. The second-order valence-corrected chi connectivity index (χ2v) is 5.92. The van der Waals surface area contributed by atoms with Gasteiger partial charge in [0.15, 0.2) is 10.6 Å². The Morgan fingerprint density at radius 1 is 1.14 bits per heavy atom. The van der Waals surface area contributed by atoms with Gasteiger partial charge < -0.3 is 4.74 Å². The third-order valence-corrected chi connectivity index (χ3v) is 3.98.